The summed E-state index contributed by atoms with van der Waals surface area (Å²) in [4.78, 5) is 36.8. The van der Waals surface area contributed by atoms with E-state index < -0.39 is 0 Å². The molecule has 0 unspecified atom stereocenters. The number of fused-ring (bicyclic) bond motifs is 2. The molecule has 32 heavy (non-hydrogen) atoms. The Morgan fingerprint density at radius 2 is 1.91 bits per heavy atom. The molecular weight excluding hydrogens is 408 g/mol. The lowest BCUT2D eigenvalue weighted by Gasteiger charge is -2.27. The van der Waals surface area contributed by atoms with Crippen molar-refractivity contribution in [1.82, 2.24) is 30.0 Å². The molecule has 1 aromatic carbocycles. The minimum absolute atomic E-state index is 0.0899. The fraction of sp³-hybridized carbons (Fsp3) is 0.435. The van der Waals surface area contributed by atoms with Crippen LogP contribution in [0.2, 0.25) is 0 Å². The summed E-state index contributed by atoms with van der Waals surface area (Å²) in [7, 11) is 3.47. The highest BCUT2D eigenvalue weighted by atomic mass is 16.5. The number of methoxy groups -OCH3 is 1. The van der Waals surface area contributed by atoms with Gasteiger partial charge >= 0.3 is 0 Å². The van der Waals surface area contributed by atoms with Gasteiger partial charge in [0.2, 0.25) is 0 Å². The summed E-state index contributed by atoms with van der Waals surface area (Å²) in [6.45, 7) is 5.84. The van der Waals surface area contributed by atoms with Crippen LogP contribution >= 0.6 is 0 Å². The Hall–Kier alpha value is -3.33. The number of hydrogen-bond acceptors (Lipinski definition) is 6. The summed E-state index contributed by atoms with van der Waals surface area (Å²) in [6, 6.07) is 5.41. The molecule has 1 aliphatic rings. The standard InChI is InChI=1S/C23H28N6O3/c1-14-15(2)26-19-12-16(6-7-18(19)25-14)23(31)29-10-8-20-17(13-29)21(27-28(20)3)22(30)24-9-5-11-32-4/h6-7,12H,5,8-11,13H2,1-4H3,(H,24,30). The Bertz CT molecular complexity index is 1190. The zero-order valence-electron chi connectivity index (χ0n) is 18.9. The summed E-state index contributed by atoms with van der Waals surface area (Å²) in [6.07, 6.45) is 1.37. The molecule has 1 N–H and O–H groups in total. The van der Waals surface area contributed by atoms with Crippen molar-refractivity contribution in [2.45, 2.75) is 33.2 Å². The van der Waals surface area contributed by atoms with Gasteiger partial charge in [-0.15, -0.1) is 0 Å². The molecule has 2 amide bonds. The molecule has 0 bridgehead atoms. The zero-order chi connectivity index (χ0) is 22.8. The molecule has 0 saturated heterocycles. The second-order valence-corrected chi connectivity index (χ2v) is 8.07. The van der Waals surface area contributed by atoms with Crippen LogP contribution in [0.15, 0.2) is 18.2 Å². The fourth-order valence-electron chi connectivity index (χ4n) is 4.00. The average Bonchev–Trinajstić information content (AvgIpc) is 3.12. The highest BCUT2D eigenvalue weighted by Gasteiger charge is 2.29. The van der Waals surface area contributed by atoms with Gasteiger partial charge in [0.1, 0.15) is 0 Å². The zero-order valence-corrected chi connectivity index (χ0v) is 18.9. The van der Waals surface area contributed by atoms with Crippen LogP contribution in [0, 0.1) is 13.8 Å². The number of nitrogens with zero attached hydrogens (tertiary/aromatic N) is 5. The molecule has 4 rings (SSSR count). The van der Waals surface area contributed by atoms with Crippen molar-refractivity contribution in [1.29, 1.82) is 0 Å². The number of rotatable bonds is 6. The summed E-state index contributed by atoms with van der Waals surface area (Å²) >= 11 is 0. The first kappa shape index (κ1) is 21.9. The topological polar surface area (TPSA) is 102 Å². The molecule has 0 saturated carbocycles. The summed E-state index contributed by atoms with van der Waals surface area (Å²) in [5, 5.41) is 7.32. The van der Waals surface area contributed by atoms with Gasteiger partial charge in [-0.05, 0) is 38.5 Å². The van der Waals surface area contributed by atoms with Crippen molar-refractivity contribution in [3.05, 3.63) is 52.1 Å². The van der Waals surface area contributed by atoms with Crippen LogP contribution in [0.4, 0.5) is 0 Å². The van der Waals surface area contributed by atoms with Gasteiger partial charge in [-0.2, -0.15) is 5.10 Å². The van der Waals surface area contributed by atoms with Gasteiger partial charge in [0.25, 0.3) is 11.8 Å². The van der Waals surface area contributed by atoms with Crippen molar-refractivity contribution in [3.8, 4) is 0 Å². The molecule has 9 heteroatoms. The van der Waals surface area contributed by atoms with E-state index in [2.05, 4.69) is 20.4 Å². The predicted octanol–water partition coefficient (Wildman–Crippen LogP) is 1.94. The van der Waals surface area contributed by atoms with E-state index in [0.29, 0.717) is 49.4 Å². The third-order valence-corrected chi connectivity index (χ3v) is 5.88. The van der Waals surface area contributed by atoms with Crippen LogP contribution in [0.1, 0.15) is 49.9 Å². The summed E-state index contributed by atoms with van der Waals surface area (Å²) < 4.78 is 6.77. The SMILES string of the molecule is COCCCNC(=O)c1nn(C)c2c1CN(C(=O)c1ccc3nc(C)c(C)nc3c1)CC2. The number of aromatic nitrogens is 4. The van der Waals surface area contributed by atoms with Crippen molar-refractivity contribution >= 4 is 22.8 Å². The number of carbonyl (C=O) groups excluding carboxylic acids is 2. The maximum atomic E-state index is 13.3. The summed E-state index contributed by atoms with van der Waals surface area (Å²) in [5.41, 5.74) is 5.95. The lowest BCUT2D eigenvalue weighted by atomic mass is 10.0. The normalized spacial score (nSPS) is 13.3. The van der Waals surface area contributed by atoms with Gasteiger partial charge in [-0.25, -0.2) is 9.97 Å². The molecule has 168 valence electrons. The second kappa shape index (κ2) is 9.04. The van der Waals surface area contributed by atoms with Crippen LogP contribution in [-0.4, -0.2) is 63.3 Å². The molecule has 9 nitrogen and oxygen atoms in total. The molecule has 3 heterocycles. The van der Waals surface area contributed by atoms with E-state index in [1.165, 1.54) is 0 Å². The minimum atomic E-state index is -0.223. The molecule has 0 spiro atoms. The Morgan fingerprint density at radius 3 is 2.66 bits per heavy atom. The van der Waals surface area contributed by atoms with Gasteiger partial charge in [0.05, 0.1) is 29.0 Å². The van der Waals surface area contributed by atoms with E-state index >= 15 is 0 Å². The minimum Gasteiger partial charge on any atom is -0.385 e. The highest BCUT2D eigenvalue weighted by molar-refractivity contribution is 5.98. The molecule has 2 aromatic heterocycles. The molecule has 0 atom stereocenters. The van der Waals surface area contributed by atoms with Crippen LogP contribution in [0.25, 0.3) is 11.0 Å². The monoisotopic (exact) mass is 436 g/mol. The van der Waals surface area contributed by atoms with Gasteiger partial charge in [0.15, 0.2) is 5.69 Å². The lowest BCUT2D eigenvalue weighted by Crippen LogP contribution is -2.37. The van der Waals surface area contributed by atoms with Crippen molar-refractivity contribution in [3.63, 3.8) is 0 Å². The quantitative estimate of drug-likeness (QED) is 0.593. The molecule has 0 radical (unpaired) electrons. The number of hydrogen-bond donors (Lipinski definition) is 1. The first-order valence-corrected chi connectivity index (χ1v) is 10.7. The number of ether oxygens (including phenoxy) is 1. The van der Waals surface area contributed by atoms with Crippen molar-refractivity contribution in [2.75, 3.05) is 26.8 Å². The third-order valence-electron chi connectivity index (χ3n) is 5.88. The van der Waals surface area contributed by atoms with Crippen LogP contribution in [0.5, 0.6) is 0 Å². The Kier molecular flexibility index (Phi) is 6.18. The third kappa shape index (κ3) is 4.20. The number of aryl methyl sites for hydroxylation is 3. The Morgan fingerprint density at radius 1 is 1.16 bits per heavy atom. The number of carbonyl (C=O) groups is 2. The van der Waals surface area contributed by atoms with Crippen molar-refractivity contribution in [2.24, 2.45) is 7.05 Å². The largest absolute Gasteiger partial charge is 0.385 e. The van der Waals surface area contributed by atoms with Crippen LogP contribution in [-0.2, 0) is 24.8 Å². The molecule has 0 fully saturated rings. The average molecular weight is 437 g/mol. The van der Waals surface area contributed by atoms with Crippen LogP contribution < -0.4 is 5.32 Å². The first-order chi connectivity index (χ1) is 15.4. The van der Waals surface area contributed by atoms with Gasteiger partial charge in [0, 0.05) is 57.1 Å². The Labute approximate surface area is 186 Å². The maximum absolute atomic E-state index is 13.3. The van der Waals surface area contributed by atoms with Crippen LogP contribution in [0.3, 0.4) is 0 Å². The maximum Gasteiger partial charge on any atom is 0.272 e. The van der Waals surface area contributed by atoms with E-state index in [-0.39, 0.29) is 11.8 Å². The molecular formula is C23H28N6O3. The predicted molar refractivity (Wildman–Crippen MR) is 119 cm³/mol. The molecule has 1 aliphatic heterocycles. The van der Waals surface area contributed by atoms with E-state index in [1.54, 1.807) is 28.8 Å². The fourth-order valence-corrected chi connectivity index (χ4v) is 4.00. The van der Waals surface area contributed by atoms with E-state index in [4.69, 9.17) is 4.74 Å². The van der Waals surface area contributed by atoms with Gasteiger partial charge < -0.3 is 15.0 Å². The molecule has 3 aromatic rings. The van der Waals surface area contributed by atoms with E-state index in [1.807, 2.05) is 27.0 Å². The number of nitrogens with one attached hydrogen (secondary N) is 1. The van der Waals surface area contributed by atoms with Gasteiger partial charge in [-0.1, -0.05) is 0 Å². The second-order valence-electron chi connectivity index (χ2n) is 8.07. The number of benzene rings is 1. The van der Waals surface area contributed by atoms with E-state index in [9.17, 15) is 9.59 Å². The van der Waals surface area contributed by atoms with Crippen molar-refractivity contribution < 1.29 is 14.3 Å². The number of amides is 2. The first-order valence-electron chi connectivity index (χ1n) is 10.7. The van der Waals surface area contributed by atoms with E-state index in [0.717, 1.165) is 34.6 Å². The van der Waals surface area contributed by atoms with Gasteiger partial charge in [-0.3, -0.25) is 14.3 Å². The Balaban J connectivity index is 1.55. The molecule has 0 aliphatic carbocycles. The summed E-state index contributed by atoms with van der Waals surface area (Å²) in [5.74, 6) is -0.313. The highest BCUT2D eigenvalue weighted by Crippen LogP contribution is 2.24. The lowest BCUT2D eigenvalue weighted by molar-refractivity contribution is 0.0730. The smallest absolute Gasteiger partial charge is 0.272 e.